The fraction of sp³-hybridized carbons (Fsp3) is 0.167. The third-order valence-corrected chi connectivity index (χ3v) is 2.38. The summed E-state index contributed by atoms with van der Waals surface area (Å²) in [5.41, 5.74) is 14.0. The van der Waals surface area contributed by atoms with Gasteiger partial charge in [-0.3, -0.25) is 0 Å². The normalized spacial score (nSPS) is 10.2. The molecule has 1 heterocycles. The Morgan fingerprint density at radius 1 is 1.12 bits per heavy atom. The van der Waals surface area contributed by atoms with Gasteiger partial charge in [0.2, 0.25) is 5.95 Å². The maximum absolute atomic E-state index is 5.57. The van der Waals surface area contributed by atoms with E-state index in [9.17, 15) is 0 Å². The Balaban J connectivity index is 2.20. The zero-order valence-corrected chi connectivity index (χ0v) is 9.43. The van der Waals surface area contributed by atoms with Crippen molar-refractivity contribution in [1.82, 2.24) is 9.97 Å². The molecule has 17 heavy (non-hydrogen) atoms. The molecule has 88 valence electrons. The van der Waals surface area contributed by atoms with E-state index in [0.29, 0.717) is 6.54 Å². The summed E-state index contributed by atoms with van der Waals surface area (Å²) in [4.78, 5) is 7.86. The molecule has 0 saturated carbocycles. The maximum Gasteiger partial charge on any atom is 0.220 e. The number of nitrogens with two attached hydrogens (primary N) is 2. The molecule has 0 spiro atoms. The summed E-state index contributed by atoms with van der Waals surface area (Å²) in [6.45, 7) is 0.622. The monoisotopic (exact) mass is 229 g/mol. The molecule has 0 bridgehead atoms. The number of benzene rings is 1. The second kappa shape index (κ2) is 5.27. The number of nitrogens with one attached hydrogen (secondary N) is 1. The van der Waals surface area contributed by atoms with Crippen LogP contribution < -0.4 is 16.8 Å². The van der Waals surface area contributed by atoms with Gasteiger partial charge in [0.1, 0.15) is 0 Å². The van der Waals surface area contributed by atoms with Crippen molar-refractivity contribution in [3.63, 3.8) is 0 Å². The lowest BCUT2D eigenvalue weighted by atomic mass is 10.1. The van der Waals surface area contributed by atoms with Gasteiger partial charge in [0.25, 0.3) is 0 Å². The summed E-state index contributed by atoms with van der Waals surface area (Å²) < 4.78 is 0. The van der Waals surface area contributed by atoms with Gasteiger partial charge >= 0.3 is 0 Å². The first-order chi connectivity index (χ1) is 8.29. The molecule has 0 unspecified atom stereocenters. The fourth-order valence-electron chi connectivity index (χ4n) is 1.57. The minimum Gasteiger partial charge on any atom is -0.368 e. The third kappa shape index (κ3) is 2.92. The number of rotatable bonds is 4. The third-order valence-electron chi connectivity index (χ3n) is 2.38. The molecule has 2 aromatic rings. The fourth-order valence-corrected chi connectivity index (χ4v) is 1.57. The Morgan fingerprint density at radius 3 is 2.53 bits per heavy atom. The Labute approximate surface area is 99.9 Å². The Bertz CT molecular complexity index is 481. The van der Waals surface area contributed by atoms with Crippen LogP contribution in [0.4, 0.5) is 17.3 Å². The van der Waals surface area contributed by atoms with Crippen LogP contribution in [0.1, 0.15) is 5.56 Å². The standard InChI is InChI=1S/C12H15N5/c13-6-5-9-3-1-2-4-11(9)17-10-7-15-12(14)16-8-10/h1-4,7-8,17H,5-6,13H2,(H2,14,15,16). The van der Waals surface area contributed by atoms with E-state index in [1.807, 2.05) is 24.3 Å². The van der Waals surface area contributed by atoms with Gasteiger partial charge in [-0.25, -0.2) is 9.97 Å². The lowest BCUT2D eigenvalue weighted by molar-refractivity contribution is 0.970. The van der Waals surface area contributed by atoms with E-state index >= 15 is 0 Å². The summed E-state index contributed by atoms with van der Waals surface area (Å²) in [5.74, 6) is 0.269. The van der Waals surface area contributed by atoms with Gasteiger partial charge in [0.05, 0.1) is 18.1 Å². The molecule has 0 aliphatic carbocycles. The molecule has 0 saturated heterocycles. The highest BCUT2D eigenvalue weighted by molar-refractivity contribution is 5.62. The zero-order valence-electron chi connectivity index (χ0n) is 9.43. The molecule has 1 aromatic heterocycles. The number of hydrogen-bond acceptors (Lipinski definition) is 5. The highest BCUT2D eigenvalue weighted by atomic mass is 15.0. The average molecular weight is 229 g/mol. The van der Waals surface area contributed by atoms with Gasteiger partial charge in [-0.2, -0.15) is 0 Å². The van der Waals surface area contributed by atoms with Crippen LogP contribution in [-0.4, -0.2) is 16.5 Å². The van der Waals surface area contributed by atoms with Crippen LogP contribution in [0.15, 0.2) is 36.7 Å². The largest absolute Gasteiger partial charge is 0.368 e. The maximum atomic E-state index is 5.57. The molecule has 1 aromatic carbocycles. The first-order valence-corrected chi connectivity index (χ1v) is 5.42. The number of aromatic nitrogens is 2. The van der Waals surface area contributed by atoms with Crippen molar-refractivity contribution in [2.75, 3.05) is 17.6 Å². The van der Waals surface area contributed by atoms with Crippen molar-refractivity contribution in [3.05, 3.63) is 42.2 Å². The van der Waals surface area contributed by atoms with Gasteiger partial charge in [-0.05, 0) is 24.6 Å². The van der Waals surface area contributed by atoms with Crippen LogP contribution in [0.5, 0.6) is 0 Å². The minimum absolute atomic E-state index is 0.269. The van der Waals surface area contributed by atoms with E-state index in [2.05, 4.69) is 15.3 Å². The average Bonchev–Trinajstić information content (AvgIpc) is 2.35. The first kappa shape index (κ1) is 11.3. The van der Waals surface area contributed by atoms with E-state index in [1.54, 1.807) is 12.4 Å². The van der Waals surface area contributed by atoms with Gasteiger partial charge < -0.3 is 16.8 Å². The molecule has 0 radical (unpaired) electrons. The second-order valence-electron chi connectivity index (χ2n) is 3.65. The Morgan fingerprint density at radius 2 is 1.82 bits per heavy atom. The van der Waals surface area contributed by atoms with Gasteiger partial charge in [-0.1, -0.05) is 18.2 Å². The van der Waals surface area contributed by atoms with Crippen molar-refractivity contribution >= 4 is 17.3 Å². The van der Waals surface area contributed by atoms with Gasteiger partial charge in [-0.15, -0.1) is 0 Å². The predicted molar refractivity (Wildman–Crippen MR) is 68.9 cm³/mol. The number of hydrogen-bond donors (Lipinski definition) is 3. The molecule has 2 rings (SSSR count). The molecule has 0 aliphatic rings. The summed E-state index contributed by atoms with van der Waals surface area (Å²) in [6, 6.07) is 8.02. The number of nitrogen functional groups attached to an aromatic ring is 1. The van der Waals surface area contributed by atoms with Crippen molar-refractivity contribution in [1.29, 1.82) is 0 Å². The van der Waals surface area contributed by atoms with Crippen LogP contribution >= 0.6 is 0 Å². The summed E-state index contributed by atoms with van der Waals surface area (Å²) in [7, 11) is 0. The van der Waals surface area contributed by atoms with E-state index in [4.69, 9.17) is 11.5 Å². The highest BCUT2D eigenvalue weighted by Crippen LogP contribution is 2.20. The van der Waals surface area contributed by atoms with Crippen molar-refractivity contribution in [2.24, 2.45) is 5.73 Å². The van der Waals surface area contributed by atoms with Gasteiger partial charge in [0.15, 0.2) is 0 Å². The molecule has 0 aliphatic heterocycles. The number of anilines is 3. The SMILES string of the molecule is NCCc1ccccc1Nc1cnc(N)nc1. The zero-order chi connectivity index (χ0) is 12.1. The molecule has 0 fully saturated rings. The van der Waals surface area contributed by atoms with Crippen LogP contribution in [0, 0.1) is 0 Å². The van der Waals surface area contributed by atoms with Crippen LogP contribution in [0.2, 0.25) is 0 Å². The van der Waals surface area contributed by atoms with Crippen LogP contribution in [-0.2, 0) is 6.42 Å². The smallest absolute Gasteiger partial charge is 0.220 e. The summed E-state index contributed by atoms with van der Waals surface area (Å²) >= 11 is 0. The summed E-state index contributed by atoms with van der Waals surface area (Å²) in [5, 5.41) is 3.25. The first-order valence-electron chi connectivity index (χ1n) is 5.42. The van der Waals surface area contributed by atoms with E-state index in [0.717, 1.165) is 17.8 Å². The molecule has 0 amide bonds. The molecule has 0 atom stereocenters. The molecule has 5 N–H and O–H groups in total. The van der Waals surface area contributed by atoms with Gasteiger partial charge in [0, 0.05) is 5.69 Å². The van der Waals surface area contributed by atoms with Crippen molar-refractivity contribution in [2.45, 2.75) is 6.42 Å². The molecule has 5 nitrogen and oxygen atoms in total. The van der Waals surface area contributed by atoms with E-state index in [1.165, 1.54) is 5.56 Å². The summed E-state index contributed by atoms with van der Waals surface area (Å²) in [6.07, 6.45) is 4.14. The topological polar surface area (TPSA) is 89.8 Å². The van der Waals surface area contributed by atoms with Crippen molar-refractivity contribution < 1.29 is 0 Å². The second-order valence-corrected chi connectivity index (χ2v) is 3.65. The number of nitrogens with zero attached hydrogens (tertiary/aromatic N) is 2. The molecular formula is C12H15N5. The van der Waals surface area contributed by atoms with Crippen molar-refractivity contribution in [3.8, 4) is 0 Å². The quantitative estimate of drug-likeness (QED) is 0.735. The van der Waals surface area contributed by atoms with E-state index in [-0.39, 0.29) is 5.95 Å². The van der Waals surface area contributed by atoms with Crippen LogP contribution in [0.3, 0.4) is 0 Å². The molecular weight excluding hydrogens is 214 g/mol. The van der Waals surface area contributed by atoms with Crippen LogP contribution in [0.25, 0.3) is 0 Å². The lowest BCUT2D eigenvalue weighted by Gasteiger charge is -2.10. The Kier molecular flexibility index (Phi) is 3.52. The minimum atomic E-state index is 0.269. The Hall–Kier alpha value is -2.14. The molecule has 5 heteroatoms. The number of para-hydroxylation sites is 1. The predicted octanol–water partition coefficient (Wildman–Crippen LogP) is 1.30. The highest BCUT2D eigenvalue weighted by Gasteiger charge is 2.01. The van der Waals surface area contributed by atoms with E-state index < -0.39 is 0 Å². The lowest BCUT2D eigenvalue weighted by Crippen LogP contribution is -2.05.